The van der Waals surface area contributed by atoms with E-state index in [9.17, 15) is 26.0 Å². The Hall–Kier alpha value is -2.69. The van der Waals surface area contributed by atoms with E-state index in [0.717, 1.165) is 12.1 Å². The molecular formula is C29H37F5N4O4SSi. The van der Waals surface area contributed by atoms with Crippen molar-refractivity contribution in [2.24, 2.45) is 5.14 Å². The van der Waals surface area contributed by atoms with Crippen LogP contribution in [-0.4, -0.2) is 40.4 Å². The lowest BCUT2D eigenvalue weighted by atomic mass is 9.88. The van der Waals surface area contributed by atoms with E-state index in [0.29, 0.717) is 40.8 Å². The second-order valence-electron chi connectivity index (χ2n) is 12.5. The third-order valence-corrected chi connectivity index (χ3v) is 13.4. The first-order valence-electron chi connectivity index (χ1n) is 14.0. The van der Waals surface area contributed by atoms with Gasteiger partial charge in [0.15, 0.2) is 8.32 Å². The molecule has 0 aliphatic heterocycles. The summed E-state index contributed by atoms with van der Waals surface area (Å²) in [5.74, 6) is -1.97. The lowest BCUT2D eigenvalue weighted by molar-refractivity contribution is -0.140. The van der Waals surface area contributed by atoms with Crippen molar-refractivity contribution in [2.45, 2.75) is 82.7 Å². The molecule has 4 rings (SSSR count). The number of rotatable bonds is 11. The molecule has 0 radical (unpaired) electrons. The van der Waals surface area contributed by atoms with Crippen LogP contribution in [-0.2, 0) is 27.4 Å². The molecule has 0 saturated heterocycles. The molecule has 2 aromatic carbocycles. The number of hydrogen-bond acceptors (Lipinski definition) is 6. The van der Waals surface area contributed by atoms with Crippen LogP contribution >= 0.6 is 0 Å². The summed E-state index contributed by atoms with van der Waals surface area (Å²) in [4.78, 5) is 4.22. The van der Waals surface area contributed by atoms with Gasteiger partial charge in [0.2, 0.25) is 0 Å². The summed E-state index contributed by atoms with van der Waals surface area (Å²) in [5, 5.41) is 9.41. The molecule has 0 bridgehead atoms. The number of benzene rings is 2. The summed E-state index contributed by atoms with van der Waals surface area (Å²) < 4.78 is 106. The van der Waals surface area contributed by atoms with Crippen molar-refractivity contribution in [3.05, 3.63) is 71.1 Å². The van der Waals surface area contributed by atoms with Crippen LogP contribution in [0.15, 0.2) is 42.7 Å². The molecule has 242 valence electrons. The van der Waals surface area contributed by atoms with E-state index in [1.165, 1.54) is 12.3 Å². The molecule has 1 fully saturated rings. The third kappa shape index (κ3) is 8.12. The normalized spacial score (nSPS) is 18.7. The van der Waals surface area contributed by atoms with Gasteiger partial charge in [-0.1, -0.05) is 20.8 Å². The van der Waals surface area contributed by atoms with Crippen LogP contribution in [0.2, 0.25) is 18.1 Å². The van der Waals surface area contributed by atoms with Gasteiger partial charge in [0.1, 0.15) is 23.5 Å². The van der Waals surface area contributed by atoms with E-state index in [1.807, 2.05) is 33.9 Å². The minimum Gasteiger partial charge on any atom is -0.490 e. The largest absolute Gasteiger partial charge is 0.490 e. The molecular weight excluding hydrogens is 623 g/mol. The van der Waals surface area contributed by atoms with E-state index in [2.05, 4.69) is 15.0 Å². The molecule has 1 heterocycles. The van der Waals surface area contributed by atoms with E-state index in [1.54, 1.807) is 12.3 Å². The molecule has 0 amide bonds. The second kappa shape index (κ2) is 12.6. The van der Waals surface area contributed by atoms with Gasteiger partial charge in [-0.2, -0.15) is 26.3 Å². The summed E-state index contributed by atoms with van der Waals surface area (Å²) in [6.07, 6.45) is -2.03. The number of nitrogens with one attached hydrogen (secondary N) is 2. The van der Waals surface area contributed by atoms with Crippen LogP contribution in [0.1, 0.15) is 56.4 Å². The highest BCUT2D eigenvalue weighted by molar-refractivity contribution is 7.87. The highest BCUT2D eigenvalue weighted by Gasteiger charge is 2.40. The molecule has 8 nitrogen and oxygen atoms in total. The first kappa shape index (κ1) is 34.2. The highest BCUT2D eigenvalue weighted by Crippen LogP contribution is 2.41. The maximum Gasteiger partial charge on any atom is 0.419 e. The fourth-order valence-electron chi connectivity index (χ4n) is 4.77. The Morgan fingerprint density at radius 3 is 2.36 bits per heavy atom. The van der Waals surface area contributed by atoms with Crippen molar-refractivity contribution < 1.29 is 39.5 Å². The van der Waals surface area contributed by atoms with Gasteiger partial charge in [-0.05, 0) is 72.3 Å². The molecule has 1 aromatic heterocycles. The quantitative estimate of drug-likeness (QED) is 0.170. The predicted molar refractivity (Wildman–Crippen MR) is 160 cm³/mol. The van der Waals surface area contributed by atoms with Crippen LogP contribution in [0.4, 0.5) is 22.0 Å². The van der Waals surface area contributed by atoms with Gasteiger partial charge in [0.05, 0.1) is 11.7 Å². The topological polar surface area (TPSA) is 116 Å². The number of aromatic nitrogens is 1. The van der Waals surface area contributed by atoms with Crippen molar-refractivity contribution >= 4 is 29.3 Å². The maximum atomic E-state index is 15.8. The number of alkyl halides is 3. The van der Waals surface area contributed by atoms with E-state index in [-0.39, 0.29) is 36.0 Å². The van der Waals surface area contributed by atoms with Crippen molar-refractivity contribution in [2.75, 3.05) is 6.54 Å². The molecule has 0 spiro atoms. The molecule has 1 atom stereocenters. The fourth-order valence-corrected chi connectivity index (χ4v) is 6.42. The summed E-state index contributed by atoms with van der Waals surface area (Å²) in [5.41, 5.74) is -0.582. The Labute approximate surface area is 254 Å². The van der Waals surface area contributed by atoms with Crippen molar-refractivity contribution in [3.63, 3.8) is 0 Å². The van der Waals surface area contributed by atoms with Crippen molar-refractivity contribution in [1.82, 2.24) is 15.0 Å². The monoisotopic (exact) mass is 660 g/mol. The molecule has 1 unspecified atom stereocenters. The van der Waals surface area contributed by atoms with Crippen LogP contribution < -0.4 is 19.9 Å². The number of nitrogens with zero attached hydrogens (tertiary/aromatic N) is 1. The van der Waals surface area contributed by atoms with Gasteiger partial charge >= 0.3 is 6.18 Å². The van der Waals surface area contributed by atoms with Crippen molar-refractivity contribution in [3.8, 4) is 5.75 Å². The zero-order chi connectivity index (χ0) is 32.7. The summed E-state index contributed by atoms with van der Waals surface area (Å²) in [6.45, 7) is 10.1. The van der Waals surface area contributed by atoms with Gasteiger partial charge in [-0.3, -0.25) is 4.98 Å². The number of nitrogens with two attached hydrogens (primary N) is 1. The van der Waals surface area contributed by atoms with Crippen molar-refractivity contribution in [1.29, 1.82) is 0 Å². The lowest BCUT2D eigenvalue weighted by Crippen LogP contribution is -2.46. The average Bonchev–Trinajstić information content (AvgIpc) is 2.87. The number of fused-ring (bicyclic) bond motifs is 1. The van der Waals surface area contributed by atoms with Crippen LogP contribution in [0.5, 0.6) is 5.75 Å². The van der Waals surface area contributed by atoms with Crippen LogP contribution in [0.3, 0.4) is 0 Å². The Kier molecular flexibility index (Phi) is 9.79. The molecule has 4 N–H and O–H groups in total. The number of halogens is 5. The Morgan fingerprint density at radius 1 is 1.07 bits per heavy atom. The summed E-state index contributed by atoms with van der Waals surface area (Å²) >= 11 is 0. The standard InChI is InChI=1S/C29H37F5N4O4SSi/c1-28(2,3)44(4,5)42-27(16-38-43(35,39)40)21-13-26(31)23(20-8-9-36-14-22(20)21)15-37-17-10-19(11-17)41-18-6-7-25(30)24(12-18)29(32,33)34/h6-9,12-14,17,19,27,37-38H,10-11,15-16H2,1-5H3,(H2,35,39,40)/t17-,19-,27?. The molecule has 15 heteroatoms. The van der Waals surface area contributed by atoms with Gasteiger partial charge in [-0.15, -0.1) is 0 Å². The van der Waals surface area contributed by atoms with Crippen LogP contribution in [0.25, 0.3) is 10.8 Å². The molecule has 44 heavy (non-hydrogen) atoms. The molecule has 1 aliphatic rings. The van der Waals surface area contributed by atoms with E-state index in [4.69, 9.17) is 14.3 Å². The number of pyridine rings is 1. The molecule has 1 aliphatic carbocycles. The second-order valence-corrected chi connectivity index (χ2v) is 18.7. The van der Waals surface area contributed by atoms with E-state index < -0.39 is 48.0 Å². The lowest BCUT2D eigenvalue weighted by Gasteiger charge is -2.39. The summed E-state index contributed by atoms with van der Waals surface area (Å²) in [7, 11) is -6.51. The van der Waals surface area contributed by atoms with Gasteiger partial charge < -0.3 is 14.5 Å². The number of ether oxygens (including phenoxy) is 1. The first-order chi connectivity index (χ1) is 20.2. The summed E-state index contributed by atoms with van der Waals surface area (Å²) in [6, 6.07) is 5.45. The first-order valence-corrected chi connectivity index (χ1v) is 18.5. The van der Waals surface area contributed by atoms with Gasteiger partial charge in [0, 0.05) is 42.5 Å². The molecule has 3 aromatic rings. The fraction of sp³-hybridized carbons (Fsp3) is 0.483. The Morgan fingerprint density at radius 2 is 1.75 bits per heavy atom. The van der Waals surface area contributed by atoms with E-state index >= 15 is 4.39 Å². The average molecular weight is 661 g/mol. The molecule has 1 saturated carbocycles. The number of hydrogen-bond donors (Lipinski definition) is 3. The smallest absolute Gasteiger partial charge is 0.419 e. The predicted octanol–water partition coefficient (Wildman–Crippen LogP) is 6.09. The minimum atomic E-state index is -4.83. The zero-order valence-corrected chi connectivity index (χ0v) is 26.9. The van der Waals surface area contributed by atoms with Crippen LogP contribution in [0, 0.1) is 11.6 Å². The SMILES string of the molecule is CC(C)(C)[Si](C)(C)OC(CNS(N)(=O)=O)c1cc(F)c(CN[C@H]2C[C@H](Oc3ccc(F)c(C(F)(F)F)c3)C2)c2ccncc12. The Balaban J connectivity index is 1.51. The van der Waals surface area contributed by atoms with Gasteiger partial charge in [0.25, 0.3) is 10.2 Å². The third-order valence-electron chi connectivity index (χ3n) is 8.30. The maximum absolute atomic E-state index is 15.8. The zero-order valence-electron chi connectivity index (χ0n) is 25.1. The Bertz CT molecular complexity index is 1610. The van der Waals surface area contributed by atoms with Gasteiger partial charge in [-0.25, -0.2) is 13.9 Å². The highest BCUT2D eigenvalue weighted by atomic mass is 32.2. The minimum absolute atomic E-state index is 0.0753.